The van der Waals surface area contributed by atoms with Gasteiger partial charge in [0.25, 0.3) is 0 Å². The van der Waals surface area contributed by atoms with E-state index < -0.39 is 0 Å². The highest BCUT2D eigenvalue weighted by molar-refractivity contribution is 5.31. The van der Waals surface area contributed by atoms with Crippen molar-refractivity contribution in [3.63, 3.8) is 0 Å². The standard InChI is InChI=1S/C22H30N2O/c1-2-3-12-22(24-15-13-23-14-16-24)20-10-7-11-21(17-20)25-18-19-8-5-4-6-9-19/h4-11,17,22-23H,2-3,12-16,18H2,1H3/t22-/m0/s1. The third-order valence-corrected chi connectivity index (χ3v) is 4.91. The van der Waals surface area contributed by atoms with Crippen LogP contribution in [0.15, 0.2) is 54.6 Å². The van der Waals surface area contributed by atoms with E-state index in [1.807, 2.05) is 6.07 Å². The normalized spacial score (nSPS) is 16.5. The van der Waals surface area contributed by atoms with Crippen molar-refractivity contribution in [3.05, 3.63) is 65.7 Å². The molecule has 1 atom stereocenters. The Balaban J connectivity index is 1.70. The van der Waals surface area contributed by atoms with Crippen molar-refractivity contribution in [2.45, 2.75) is 38.8 Å². The second-order valence-electron chi connectivity index (χ2n) is 6.79. The Hall–Kier alpha value is -1.84. The summed E-state index contributed by atoms with van der Waals surface area (Å²) < 4.78 is 6.04. The molecule has 2 aromatic carbocycles. The number of nitrogens with zero attached hydrogens (tertiary/aromatic N) is 1. The highest BCUT2D eigenvalue weighted by Crippen LogP contribution is 2.29. The molecule has 0 bridgehead atoms. The Morgan fingerprint density at radius 3 is 2.60 bits per heavy atom. The Morgan fingerprint density at radius 1 is 1.04 bits per heavy atom. The number of piperazine rings is 1. The molecule has 0 aliphatic carbocycles. The lowest BCUT2D eigenvalue weighted by Crippen LogP contribution is -2.45. The zero-order valence-corrected chi connectivity index (χ0v) is 15.3. The average molecular weight is 338 g/mol. The number of ether oxygens (including phenoxy) is 1. The van der Waals surface area contributed by atoms with E-state index >= 15 is 0 Å². The fourth-order valence-electron chi connectivity index (χ4n) is 3.50. The summed E-state index contributed by atoms with van der Waals surface area (Å²) in [6, 6.07) is 19.6. The predicted molar refractivity (Wildman–Crippen MR) is 104 cm³/mol. The number of nitrogens with one attached hydrogen (secondary N) is 1. The van der Waals surface area contributed by atoms with Crippen molar-refractivity contribution in [2.24, 2.45) is 0 Å². The first-order valence-corrected chi connectivity index (χ1v) is 9.58. The number of hydrogen-bond acceptors (Lipinski definition) is 3. The van der Waals surface area contributed by atoms with Gasteiger partial charge < -0.3 is 10.1 Å². The van der Waals surface area contributed by atoms with Crippen LogP contribution in [0.4, 0.5) is 0 Å². The van der Waals surface area contributed by atoms with Crippen LogP contribution in [0.1, 0.15) is 43.4 Å². The lowest BCUT2D eigenvalue weighted by atomic mass is 9.98. The van der Waals surface area contributed by atoms with E-state index in [1.54, 1.807) is 0 Å². The summed E-state index contributed by atoms with van der Waals surface area (Å²) in [6.45, 7) is 7.33. The summed E-state index contributed by atoms with van der Waals surface area (Å²) in [4.78, 5) is 2.63. The molecule has 1 aliphatic heterocycles. The van der Waals surface area contributed by atoms with Gasteiger partial charge in [-0.05, 0) is 29.7 Å². The van der Waals surface area contributed by atoms with Crippen LogP contribution >= 0.6 is 0 Å². The van der Waals surface area contributed by atoms with Crippen molar-refractivity contribution in [1.29, 1.82) is 0 Å². The number of hydrogen-bond donors (Lipinski definition) is 1. The molecule has 1 fully saturated rings. The van der Waals surface area contributed by atoms with E-state index in [-0.39, 0.29) is 0 Å². The fourth-order valence-corrected chi connectivity index (χ4v) is 3.50. The van der Waals surface area contributed by atoms with Gasteiger partial charge in [-0.25, -0.2) is 0 Å². The minimum absolute atomic E-state index is 0.502. The topological polar surface area (TPSA) is 24.5 Å². The molecule has 25 heavy (non-hydrogen) atoms. The van der Waals surface area contributed by atoms with Gasteiger partial charge in [-0.15, -0.1) is 0 Å². The first-order chi connectivity index (χ1) is 12.4. The van der Waals surface area contributed by atoms with Crippen LogP contribution in [0.3, 0.4) is 0 Å². The highest BCUT2D eigenvalue weighted by atomic mass is 16.5. The quantitative estimate of drug-likeness (QED) is 0.772. The Labute approximate surface area is 152 Å². The van der Waals surface area contributed by atoms with Crippen LogP contribution in [-0.2, 0) is 6.61 Å². The van der Waals surface area contributed by atoms with Gasteiger partial charge >= 0.3 is 0 Å². The monoisotopic (exact) mass is 338 g/mol. The molecule has 3 rings (SSSR count). The summed E-state index contributed by atoms with van der Waals surface area (Å²) in [5.41, 5.74) is 2.60. The predicted octanol–water partition coefficient (Wildman–Crippen LogP) is 4.40. The minimum Gasteiger partial charge on any atom is -0.489 e. The van der Waals surface area contributed by atoms with Crippen LogP contribution in [-0.4, -0.2) is 31.1 Å². The lowest BCUT2D eigenvalue weighted by molar-refractivity contribution is 0.163. The Morgan fingerprint density at radius 2 is 1.84 bits per heavy atom. The molecule has 1 aliphatic rings. The lowest BCUT2D eigenvalue weighted by Gasteiger charge is -2.35. The number of unbranched alkanes of at least 4 members (excludes halogenated alkanes) is 1. The summed E-state index contributed by atoms with van der Waals surface area (Å²) in [5.74, 6) is 0.970. The van der Waals surface area contributed by atoms with Gasteiger partial charge in [0.15, 0.2) is 0 Å². The van der Waals surface area contributed by atoms with Gasteiger partial charge in [0.2, 0.25) is 0 Å². The third-order valence-electron chi connectivity index (χ3n) is 4.91. The van der Waals surface area contributed by atoms with Crippen molar-refractivity contribution >= 4 is 0 Å². The van der Waals surface area contributed by atoms with Crippen molar-refractivity contribution in [3.8, 4) is 5.75 Å². The molecule has 0 unspecified atom stereocenters. The summed E-state index contributed by atoms with van der Waals surface area (Å²) in [5, 5.41) is 3.46. The molecule has 0 saturated carbocycles. The zero-order chi connectivity index (χ0) is 17.3. The van der Waals surface area contributed by atoms with Crippen LogP contribution in [0.5, 0.6) is 5.75 Å². The fraction of sp³-hybridized carbons (Fsp3) is 0.455. The summed E-state index contributed by atoms with van der Waals surface area (Å²) >= 11 is 0. The second-order valence-corrected chi connectivity index (χ2v) is 6.79. The van der Waals surface area contributed by atoms with Crippen LogP contribution in [0.25, 0.3) is 0 Å². The van der Waals surface area contributed by atoms with E-state index in [2.05, 4.69) is 65.7 Å². The molecule has 0 aromatic heterocycles. The highest BCUT2D eigenvalue weighted by Gasteiger charge is 2.21. The van der Waals surface area contributed by atoms with Gasteiger partial charge in [0.1, 0.15) is 12.4 Å². The van der Waals surface area contributed by atoms with Crippen molar-refractivity contribution < 1.29 is 4.74 Å². The van der Waals surface area contributed by atoms with E-state index in [0.717, 1.165) is 31.9 Å². The molecule has 134 valence electrons. The molecule has 0 spiro atoms. The molecular weight excluding hydrogens is 308 g/mol. The minimum atomic E-state index is 0.502. The second kappa shape index (κ2) is 9.59. The van der Waals surface area contributed by atoms with Gasteiger partial charge in [0.05, 0.1) is 0 Å². The SMILES string of the molecule is CCCC[C@@H](c1cccc(OCc2ccccc2)c1)N1CCNCC1. The largest absolute Gasteiger partial charge is 0.489 e. The van der Waals surface area contributed by atoms with E-state index in [4.69, 9.17) is 4.74 Å². The average Bonchev–Trinajstić information content (AvgIpc) is 2.69. The first kappa shape index (κ1) is 18.0. The Kier molecular flexibility index (Phi) is 6.89. The molecule has 0 amide bonds. The number of rotatable bonds is 8. The van der Waals surface area contributed by atoms with Crippen LogP contribution < -0.4 is 10.1 Å². The Bertz CT molecular complexity index is 623. The maximum absolute atomic E-state index is 6.04. The maximum Gasteiger partial charge on any atom is 0.120 e. The third kappa shape index (κ3) is 5.32. The van der Waals surface area contributed by atoms with Gasteiger partial charge in [-0.2, -0.15) is 0 Å². The van der Waals surface area contributed by atoms with Gasteiger partial charge in [0, 0.05) is 32.2 Å². The molecule has 2 aromatic rings. The smallest absolute Gasteiger partial charge is 0.120 e. The first-order valence-electron chi connectivity index (χ1n) is 9.58. The van der Waals surface area contributed by atoms with E-state index in [0.29, 0.717) is 12.6 Å². The molecule has 3 nitrogen and oxygen atoms in total. The molecule has 3 heteroatoms. The van der Waals surface area contributed by atoms with E-state index in [1.165, 1.54) is 30.4 Å². The van der Waals surface area contributed by atoms with Gasteiger partial charge in [-0.1, -0.05) is 62.2 Å². The molecule has 1 heterocycles. The number of benzene rings is 2. The van der Waals surface area contributed by atoms with Crippen molar-refractivity contribution in [2.75, 3.05) is 26.2 Å². The molecule has 1 N–H and O–H groups in total. The maximum atomic E-state index is 6.04. The molecular formula is C22H30N2O. The summed E-state index contributed by atoms with van der Waals surface area (Å²) in [6.07, 6.45) is 3.73. The molecule has 0 radical (unpaired) electrons. The van der Waals surface area contributed by atoms with Gasteiger partial charge in [-0.3, -0.25) is 4.90 Å². The van der Waals surface area contributed by atoms with E-state index in [9.17, 15) is 0 Å². The van der Waals surface area contributed by atoms with Crippen molar-refractivity contribution in [1.82, 2.24) is 10.2 Å². The summed E-state index contributed by atoms with van der Waals surface area (Å²) in [7, 11) is 0. The zero-order valence-electron chi connectivity index (χ0n) is 15.3. The van der Waals surface area contributed by atoms with Crippen LogP contribution in [0, 0.1) is 0 Å². The van der Waals surface area contributed by atoms with Crippen LogP contribution in [0.2, 0.25) is 0 Å². The molecule has 1 saturated heterocycles.